The highest BCUT2D eigenvalue weighted by Crippen LogP contribution is 2.30. The Kier molecular flexibility index (Phi) is 16.6. The molecule has 34 heavy (non-hydrogen) atoms. The molecule has 1 aromatic heterocycles. The van der Waals surface area contributed by atoms with E-state index < -0.39 is 11.5 Å². The van der Waals surface area contributed by atoms with Gasteiger partial charge in [-0.2, -0.15) is 0 Å². The Balaban J connectivity index is 0.000000999. The first-order valence-electron chi connectivity index (χ1n) is 12.0. The predicted molar refractivity (Wildman–Crippen MR) is 144 cm³/mol. The molecule has 5 nitrogen and oxygen atoms in total. The summed E-state index contributed by atoms with van der Waals surface area (Å²) < 4.78 is 5.03. The van der Waals surface area contributed by atoms with Gasteiger partial charge in [0.05, 0.1) is 16.8 Å². The monoisotopic (exact) mass is 491 g/mol. The van der Waals surface area contributed by atoms with Crippen molar-refractivity contribution < 1.29 is 19.4 Å². The van der Waals surface area contributed by atoms with Crippen molar-refractivity contribution in [2.45, 2.75) is 80.3 Å². The van der Waals surface area contributed by atoms with Crippen LogP contribution in [0.4, 0.5) is 0 Å². The molecule has 0 aliphatic rings. The maximum absolute atomic E-state index is 12.6. The van der Waals surface area contributed by atoms with Gasteiger partial charge in [0.2, 0.25) is 0 Å². The fraction of sp³-hybridized carbons (Fsp3) is 0.607. The number of aromatic nitrogens is 1. The molecule has 0 spiro atoms. The van der Waals surface area contributed by atoms with Crippen LogP contribution in [-0.2, 0) is 14.3 Å². The van der Waals surface area contributed by atoms with Crippen molar-refractivity contribution in [1.82, 2.24) is 4.98 Å². The maximum Gasteiger partial charge on any atom is 0.143 e. The van der Waals surface area contributed by atoms with Gasteiger partial charge in [-0.15, -0.1) is 11.3 Å². The maximum atomic E-state index is 12.6. The molecule has 0 saturated heterocycles. The van der Waals surface area contributed by atoms with Crippen molar-refractivity contribution in [2.24, 2.45) is 17.3 Å². The van der Waals surface area contributed by atoms with Crippen LogP contribution in [-0.4, -0.2) is 42.0 Å². The number of aryl methyl sites for hydroxylation is 1. The van der Waals surface area contributed by atoms with Crippen LogP contribution in [0.25, 0.3) is 6.08 Å². The van der Waals surface area contributed by atoms with E-state index in [0.29, 0.717) is 6.29 Å². The van der Waals surface area contributed by atoms with E-state index >= 15 is 0 Å². The van der Waals surface area contributed by atoms with Gasteiger partial charge in [0.15, 0.2) is 0 Å². The number of hydrogen-bond acceptors (Lipinski definition) is 6. The van der Waals surface area contributed by atoms with E-state index in [2.05, 4.69) is 42.4 Å². The molecule has 0 amide bonds. The molecule has 3 unspecified atom stereocenters. The summed E-state index contributed by atoms with van der Waals surface area (Å²) in [4.78, 5) is 27.5. The lowest BCUT2D eigenvalue weighted by atomic mass is 9.74. The first-order valence-corrected chi connectivity index (χ1v) is 12.9. The summed E-state index contributed by atoms with van der Waals surface area (Å²) in [6, 6.07) is 0. The number of hydrogen-bond donors (Lipinski definition) is 1. The average molecular weight is 492 g/mol. The van der Waals surface area contributed by atoms with Gasteiger partial charge in [-0.1, -0.05) is 57.6 Å². The molecule has 3 atom stereocenters. The Morgan fingerprint density at radius 3 is 2.53 bits per heavy atom. The number of methoxy groups -OCH3 is 1. The Morgan fingerprint density at radius 2 is 2.00 bits per heavy atom. The molecule has 0 aromatic carbocycles. The quantitative estimate of drug-likeness (QED) is 0.180. The molecule has 1 N–H and O–H groups in total. The molecule has 0 fully saturated rings. The van der Waals surface area contributed by atoms with Crippen molar-refractivity contribution in [3.8, 4) is 0 Å². The number of nitrogens with zero attached hydrogens (tertiary/aromatic N) is 1. The third-order valence-electron chi connectivity index (χ3n) is 5.65. The molecule has 6 heteroatoms. The summed E-state index contributed by atoms with van der Waals surface area (Å²) >= 11 is 1.68. The number of aldehydes is 1. The standard InChI is InChI=1S/C21H36O4.C7H9NS/c1-16(11-8-14-25-6)9-7-10-17(2)15-18(3)20(24)21(4,5)19(23)12-13-22;1-3-4-7-5-9-6(2)8-7/h7,10-11,13,17-19,23H,8-9,12,14-15H2,1-6H3;3-5H,1-2H3/b10-7-,16-11-;4-3-. The first-order chi connectivity index (χ1) is 16.0. The number of allylic oxidation sites excluding steroid dienone is 4. The number of carbonyl (C=O) groups excluding carboxylic acids is 2. The Morgan fingerprint density at radius 1 is 1.32 bits per heavy atom. The second kappa shape index (κ2) is 17.5. The molecule has 0 aliphatic heterocycles. The number of ketones is 1. The Bertz CT molecular complexity index is 807. The number of thiazole rings is 1. The van der Waals surface area contributed by atoms with Gasteiger partial charge >= 0.3 is 0 Å². The van der Waals surface area contributed by atoms with Gasteiger partial charge in [-0.25, -0.2) is 4.98 Å². The number of aliphatic hydroxyl groups is 1. The highest BCUT2D eigenvalue weighted by atomic mass is 32.1. The zero-order valence-electron chi connectivity index (χ0n) is 22.3. The van der Waals surface area contributed by atoms with E-state index in [1.165, 1.54) is 5.57 Å². The van der Waals surface area contributed by atoms with Crippen molar-refractivity contribution in [1.29, 1.82) is 0 Å². The van der Waals surface area contributed by atoms with E-state index in [1.54, 1.807) is 32.3 Å². The van der Waals surface area contributed by atoms with E-state index in [-0.39, 0.29) is 24.0 Å². The van der Waals surface area contributed by atoms with E-state index in [4.69, 9.17) is 4.74 Å². The van der Waals surface area contributed by atoms with Crippen molar-refractivity contribution in [3.05, 3.63) is 46.0 Å². The molecule has 0 aliphatic carbocycles. The molecule has 1 aromatic rings. The first kappa shape index (κ1) is 32.1. The lowest BCUT2D eigenvalue weighted by molar-refractivity contribution is -0.137. The van der Waals surface area contributed by atoms with Crippen LogP contribution >= 0.6 is 11.3 Å². The molecular weight excluding hydrogens is 446 g/mol. The Hall–Kier alpha value is -1.89. The third-order valence-corrected chi connectivity index (χ3v) is 6.45. The van der Waals surface area contributed by atoms with E-state index in [9.17, 15) is 14.7 Å². The number of carbonyl (C=O) groups is 2. The van der Waals surface area contributed by atoms with Crippen molar-refractivity contribution in [2.75, 3.05) is 13.7 Å². The van der Waals surface area contributed by atoms with Crippen LogP contribution in [0.3, 0.4) is 0 Å². The van der Waals surface area contributed by atoms with Crippen LogP contribution in [0.15, 0.2) is 35.3 Å². The summed E-state index contributed by atoms with van der Waals surface area (Å²) in [7, 11) is 1.70. The highest BCUT2D eigenvalue weighted by Gasteiger charge is 2.37. The summed E-state index contributed by atoms with van der Waals surface area (Å²) in [6.45, 7) is 14.3. The van der Waals surface area contributed by atoms with Crippen LogP contribution in [0.5, 0.6) is 0 Å². The third kappa shape index (κ3) is 13.1. The van der Waals surface area contributed by atoms with E-state index in [0.717, 1.165) is 36.6 Å². The van der Waals surface area contributed by atoms with Gasteiger partial charge < -0.3 is 14.6 Å². The fourth-order valence-corrected chi connectivity index (χ4v) is 4.13. The minimum absolute atomic E-state index is 0.00437. The molecular formula is C28H45NO4S. The summed E-state index contributed by atoms with van der Waals surface area (Å²) in [5.74, 6) is 0.136. The lowest BCUT2D eigenvalue weighted by Gasteiger charge is -2.31. The number of Topliss-reactive ketones (excluding diaryl/α,β-unsaturated/α-hetero) is 1. The smallest absolute Gasteiger partial charge is 0.143 e. The molecule has 1 heterocycles. The molecule has 0 bridgehead atoms. The summed E-state index contributed by atoms with van der Waals surface area (Å²) in [5, 5.41) is 13.2. The van der Waals surface area contributed by atoms with Crippen molar-refractivity contribution >= 4 is 29.5 Å². The zero-order chi connectivity index (χ0) is 26.1. The van der Waals surface area contributed by atoms with Crippen LogP contribution in [0, 0.1) is 24.2 Å². The Labute approximate surface area is 211 Å². The number of rotatable bonds is 14. The largest absolute Gasteiger partial charge is 0.392 e. The average Bonchev–Trinajstić information content (AvgIpc) is 3.18. The van der Waals surface area contributed by atoms with Gasteiger partial charge in [0.1, 0.15) is 12.1 Å². The van der Waals surface area contributed by atoms with Gasteiger partial charge in [0, 0.05) is 36.9 Å². The second-order valence-corrected chi connectivity index (χ2v) is 10.4. The van der Waals surface area contributed by atoms with E-state index in [1.807, 2.05) is 32.9 Å². The number of aliphatic hydroxyl groups excluding tert-OH is 1. The summed E-state index contributed by atoms with van der Waals surface area (Å²) in [5.41, 5.74) is 1.48. The second-order valence-electron chi connectivity index (χ2n) is 9.37. The number of ether oxygens (including phenoxy) is 1. The SMILES string of the molecule is C/C=C\c1csc(C)n1.COCC/C=C(/C)C/C=C\C(C)CC(C)C(=O)C(C)(C)C(O)CC=O. The zero-order valence-corrected chi connectivity index (χ0v) is 23.2. The van der Waals surface area contributed by atoms with Crippen LogP contribution in [0.2, 0.25) is 0 Å². The summed E-state index contributed by atoms with van der Waals surface area (Å²) in [6.07, 6.45) is 12.8. The topological polar surface area (TPSA) is 76.5 Å². The predicted octanol–water partition coefficient (Wildman–Crippen LogP) is 6.61. The molecule has 0 radical (unpaired) electrons. The van der Waals surface area contributed by atoms with Crippen LogP contribution < -0.4 is 0 Å². The molecule has 0 saturated carbocycles. The van der Waals surface area contributed by atoms with Crippen LogP contribution in [0.1, 0.15) is 77.9 Å². The highest BCUT2D eigenvalue weighted by molar-refractivity contribution is 7.09. The lowest BCUT2D eigenvalue weighted by Crippen LogP contribution is -2.40. The van der Waals surface area contributed by atoms with Gasteiger partial charge in [0.25, 0.3) is 0 Å². The van der Waals surface area contributed by atoms with Gasteiger partial charge in [-0.3, -0.25) is 4.79 Å². The van der Waals surface area contributed by atoms with Gasteiger partial charge in [-0.05, 0) is 52.0 Å². The van der Waals surface area contributed by atoms with Crippen molar-refractivity contribution in [3.63, 3.8) is 0 Å². The molecule has 1 rings (SSSR count). The fourth-order valence-electron chi connectivity index (χ4n) is 3.55. The minimum Gasteiger partial charge on any atom is -0.392 e. The normalized spacial score (nSPS) is 15.1. The minimum atomic E-state index is -0.925. The molecule has 192 valence electrons.